The van der Waals surface area contributed by atoms with Crippen LogP contribution in [0, 0.1) is 0 Å². The van der Waals surface area contributed by atoms with E-state index in [-0.39, 0.29) is 25.2 Å². The Kier molecular flexibility index (Phi) is 5.41. The van der Waals surface area contributed by atoms with Crippen LogP contribution in [0.15, 0.2) is 48.5 Å². The molecule has 0 aliphatic carbocycles. The van der Waals surface area contributed by atoms with Gasteiger partial charge in [0.15, 0.2) is 13.2 Å². The molecule has 1 heterocycles. The number of ether oxygens (including phenoxy) is 3. The molecule has 2 aromatic rings. The van der Waals surface area contributed by atoms with Crippen molar-refractivity contribution in [3.05, 3.63) is 54.1 Å². The molecule has 3 rings (SSSR count). The molecule has 0 fully saturated rings. The number of hydrogen-bond donors (Lipinski definition) is 0. The average molecular weight is 355 g/mol. The van der Waals surface area contributed by atoms with Gasteiger partial charge >= 0.3 is 5.97 Å². The summed E-state index contributed by atoms with van der Waals surface area (Å²) in [5.41, 5.74) is 2.01. The summed E-state index contributed by atoms with van der Waals surface area (Å²) in [5.74, 6) is 0.399. The smallest absolute Gasteiger partial charge is 0.344 e. The van der Waals surface area contributed by atoms with Gasteiger partial charge in [0.05, 0.1) is 7.11 Å². The molecule has 0 saturated heterocycles. The van der Waals surface area contributed by atoms with Gasteiger partial charge in [-0.05, 0) is 49.2 Å². The Bertz CT molecular complexity index is 787. The van der Waals surface area contributed by atoms with Gasteiger partial charge in [0.2, 0.25) is 0 Å². The second kappa shape index (κ2) is 7.91. The molecule has 26 heavy (non-hydrogen) atoms. The van der Waals surface area contributed by atoms with Crippen molar-refractivity contribution >= 4 is 17.6 Å². The zero-order valence-electron chi connectivity index (χ0n) is 14.8. The maximum Gasteiger partial charge on any atom is 0.344 e. The van der Waals surface area contributed by atoms with E-state index in [1.165, 1.54) is 0 Å². The van der Waals surface area contributed by atoms with Gasteiger partial charge in [-0.3, -0.25) is 4.79 Å². The second-order valence-electron chi connectivity index (χ2n) is 6.07. The topological polar surface area (TPSA) is 65.1 Å². The number of benzene rings is 2. The number of esters is 1. The Morgan fingerprint density at radius 3 is 2.46 bits per heavy atom. The first-order valence-corrected chi connectivity index (χ1v) is 8.41. The quantitative estimate of drug-likeness (QED) is 0.745. The highest BCUT2D eigenvalue weighted by Crippen LogP contribution is 2.31. The molecule has 6 nitrogen and oxygen atoms in total. The molecule has 0 aromatic heterocycles. The van der Waals surface area contributed by atoms with Gasteiger partial charge < -0.3 is 19.1 Å². The predicted molar refractivity (Wildman–Crippen MR) is 96.5 cm³/mol. The number of hydrogen-bond acceptors (Lipinski definition) is 5. The highest BCUT2D eigenvalue weighted by molar-refractivity contribution is 5.97. The highest BCUT2D eigenvalue weighted by atomic mass is 16.6. The van der Waals surface area contributed by atoms with E-state index in [4.69, 9.17) is 14.2 Å². The first kappa shape index (κ1) is 17.8. The van der Waals surface area contributed by atoms with E-state index in [0.717, 1.165) is 17.7 Å². The standard InChI is InChI=1S/C20H21NO5/c1-14-11-15-5-3-4-6-18(15)21(14)19(22)12-26-20(23)13-25-17-9-7-16(24-2)8-10-17/h3-10,14H,11-13H2,1-2H3. The number of fused-ring (bicyclic) bond motifs is 1. The van der Waals surface area contributed by atoms with E-state index < -0.39 is 5.97 Å². The molecular weight excluding hydrogens is 334 g/mol. The second-order valence-corrected chi connectivity index (χ2v) is 6.07. The van der Waals surface area contributed by atoms with Gasteiger partial charge in [0.1, 0.15) is 11.5 Å². The number of para-hydroxylation sites is 1. The Morgan fingerprint density at radius 2 is 1.73 bits per heavy atom. The normalized spacial score (nSPS) is 15.3. The summed E-state index contributed by atoms with van der Waals surface area (Å²) in [6.07, 6.45) is 0.802. The van der Waals surface area contributed by atoms with Crippen molar-refractivity contribution in [2.75, 3.05) is 25.2 Å². The van der Waals surface area contributed by atoms with Gasteiger partial charge in [-0.2, -0.15) is 0 Å². The fourth-order valence-electron chi connectivity index (χ4n) is 3.01. The van der Waals surface area contributed by atoms with E-state index in [2.05, 4.69) is 0 Å². The summed E-state index contributed by atoms with van der Waals surface area (Å²) in [5, 5.41) is 0. The molecule has 0 saturated carbocycles. The minimum absolute atomic E-state index is 0.0501. The fraction of sp³-hybridized carbons (Fsp3) is 0.300. The first-order valence-electron chi connectivity index (χ1n) is 8.41. The molecule has 0 bridgehead atoms. The van der Waals surface area contributed by atoms with Gasteiger partial charge in [-0.25, -0.2) is 4.79 Å². The van der Waals surface area contributed by atoms with Crippen LogP contribution in [-0.4, -0.2) is 38.2 Å². The predicted octanol–water partition coefficient (Wildman–Crippen LogP) is 2.60. The van der Waals surface area contributed by atoms with Crippen LogP contribution in [0.5, 0.6) is 11.5 Å². The largest absolute Gasteiger partial charge is 0.497 e. The van der Waals surface area contributed by atoms with Crippen LogP contribution in [0.3, 0.4) is 0 Å². The summed E-state index contributed by atoms with van der Waals surface area (Å²) in [6.45, 7) is 1.42. The summed E-state index contributed by atoms with van der Waals surface area (Å²) < 4.78 is 15.5. The number of nitrogens with zero attached hydrogens (tertiary/aromatic N) is 1. The van der Waals surface area contributed by atoms with Crippen molar-refractivity contribution < 1.29 is 23.8 Å². The molecule has 1 aliphatic rings. The summed E-state index contributed by atoms with van der Waals surface area (Å²) in [7, 11) is 1.57. The molecule has 0 radical (unpaired) electrons. The van der Waals surface area contributed by atoms with E-state index in [1.54, 1.807) is 36.3 Å². The number of carbonyl (C=O) groups is 2. The lowest BCUT2D eigenvalue weighted by molar-refractivity contribution is -0.149. The lowest BCUT2D eigenvalue weighted by atomic mass is 10.1. The molecule has 0 spiro atoms. The third kappa shape index (κ3) is 3.96. The van der Waals surface area contributed by atoms with Crippen LogP contribution in [0.4, 0.5) is 5.69 Å². The van der Waals surface area contributed by atoms with E-state index in [9.17, 15) is 9.59 Å². The molecule has 6 heteroatoms. The van der Waals surface area contributed by atoms with Crippen LogP contribution in [0.1, 0.15) is 12.5 Å². The highest BCUT2D eigenvalue weighted by Gasteiger charge is 2.30. The third-order valence-electron chi connectivity index (χ3n) is 4.25. The lowest BCUT2D eigenvalue weighted by Crippen LogP contribution is -2.39. The van der Waals surface area contributed by atoms with Crippen LogP contribution < -0.4 is 14.4 Å². The Hall–Kier alpha value is -3.02. The molecular formula is C20H21NO5. The zero-order chi connectivity index (χ0) is 18.5. The molecule has 1 unspecified atom stereocenters. The van der Waals surface area contributed by atoms with Gasteiger partial charge in [0, 0.05) is 11.7 Å². The summed E-state index contributed by atoms with van der Waals surface area (Å²) in [6, 6.07) is 14.7. The summed E-state index contributed by atoms with van der Waals surface area (Å²) >= 11 is 0. The maximum atomic E-state index is 12.5. The van der Waals surface area contributed by atoms with Crippen molar-refractivity contribution in [2.24, 2.45) is 0 Å². The van der Waals surface area contributed by atoms with Crippen molar-refractivity contribution in [2.45, 2.75) is 19.4 Å². The molecule has 1 atom stereocenters. The van der Waals surface area contributed by atoms with Gasteiger partial charge in [-0.1, -0.05) is 18.2 Å². The Labute approximate surface area is 152 Å². The molecule has 136 valence electrons. The Morgan fingerprint density at radius 1 is 1.04 bits per heavy atom. The van der Waals surface area contributed by atoms with Crippen molar-refractivity contribution in [3.63, 3.8) is 0 Å². The van der Waals surface area contributed by atoms with Gasteiger partial charge in [0.25, 0.3) is 5.91 Å². The van der Waals surface area contributed by atoms with Crippen LogP contribution in [0.2, 0.25) is 0 Å². The van der Waals surface area contributed by atoms with Gasteiger partial charge in [-0.15, -0.1) is 0 Å². The number of amides is 1. The maximum absolute atomic E-state index is 12.5. The van der Waals surface area contributed by atoms with E-state index in [1.807, 2.05) is 31.2 Å². The minimum atomic E-state index is -0.589. The van der Waals surface area contributed by atoms with Crippen LogP contribution >= 0.6 is 0 Å². The number of anilines is 1. The zero-order valence-corrected chi connectivity index (χ0v) is 14.8. The molecule has 1 aliphatic heterocycles. The SMILES string of the molecule is COc1ccc(OCC(=O)OCC(=O)N2c3ccccc3CC2C)cc1. The van der Waals surface area contributed by atoms with Crippen LogP contribution in [0.25, 0.3) is 0 Å². The summed E-state index contributed by atoms with van der Waals surface area (Å²) in [4.78, 5) is 26.0. The van der Waals surface area contributed by atoms with E-state index >= 15 is 0 Å². The van der Waals surface area contributed by atoms with Crippen LogP contribution in [-0.2, 0) is 20.7 Å². The monoisotopic (exact) mass is 355 g/mol. The molecule has 2 aromatic carbocycles. The number of carbonyl (C=O) groups excluding carboxylic acids is 2. The third-order valence-corrected chi connectivity index (χ3v) is 4.25. The first-order chi connectivity index (χ1) is 12.6. The van der Waals surface area contributed by atoms with E-state index in [0.29, 0.717) is 11.5 Å². The Balaban J connectivity index is 1.49. The number of rotatable bonds is 6. The fourth-order valence-corrected chi connectivity index (χ4v) is 3.01. The lowest BCUT2D eigenvalue weighted by Gasteiger charge is -2.22. The molecule has 0 N–H and O–H groups in total. The number of methoxy groups -OCH3 is 1. The van der Waals surface area contributed by atoms with Crippen molar-refractivity contribution in [3.8, 4) is 11.5 Å². The molecule has 1 amide bonds. The van der Waals surface area contributed by atoms with Crippen molar-refractivity contribution in [1.82, 2.24) is 0 Å². The average Bonchev–Trinajstić information content (AvgIpc) is 3.00. The van der Waals surface area contributed by atoms with Crippen molar-refractivity contribution in [1.29, 1.82) is 0 Å². The minimum Gasteiger partial charge on any atom is -0.497 e.